The van der Waals surface area contributed by atoms with Crippen molar-refractivity contribution < 1.29 is 13.5 Å². The molecule has 0 radical (unpaired) electrons. The van der Waals surface area contributed by atoms with Crippen LogP contribution in [0, 0.1) is 18.6 Å². The number of halogens is 2. The van der Waals surface area contributed by atoms with E-state index < -0.39 is 0 Å². The van der Waals surface area contributed by atoms with Crippen molar-refractivity contribution in [2.24, 2.45) is 0 Å². The summed E-state index contributed by atoms with van der Waals surface area (Å²) in [5.41, 5.74) is 0.969. The largest absolute Gasteiger partial charge is 0.457 e. The molecule has 1 N–H and O–H groups in total. The highest BCUT2D eigenvalue weighted by Crippen LogP contribution is 2.32. The molecular formula is C16H17F2NO. The summed E-state index contributed by atoms with van der Waals surface area (Å²) in [6, 6.07) is 9.01. The molecule has 0 heterocycles. The van der Waals surface area contributed by atoms with Gasteiger partial charge in [-0.25, -0.2) is 8.78 Å². The SMILES string of the molecule is CNC(C)c1c(F)cccc1Oc1ccc(C)c(F)c1. The molecule has 0 spiro atoms. The first-order chi connectivity index (χ1) is 9.52. The second-order valence-electron chi connectivity index (χ2n) is 4.68. The first-order valence-electron chi connectivity index (χ1n) is 6.42. The molecule has 0 aliphatic heterocycles. The van der Waals surface area contributed by atoms with Gasteiger partial charge in [-0.1, -0.05) is 12.1 Å². The zero-order chi connectivity index (χ0) is 14.7. The van der Waals surface area contributed by atoms with Crippen molar-refractivity contribution in [2.75, 3.05) is 7.05 Å². The number of benzene rings is 2. The third-order valence-electron chi connectivity index (χ3n) is 3.25. The molecule has 0 bridgehead atoms. The molecule has 20 heavy (non-hydrogen) atoms. The molecule has 2 rings (SSSR count). The van der Waals surface area contributed by atoms with Crippen LogP contribution in [0.1, 0.15) is 24.1 Å². The van der Waals surface area contributed by atoms with Gasteiger partial charge in [-0.2, -0.15) is 0 Å². The summed E-state index contributed by atoms with van der Waals surface area (Å²) in [5.74, 6) is 0.0393. The third-order valence-corrected chi connectivity index (χ3v) is 3.25. The summed E-state index contributed by atoms with van der Waals surface area (Å²) in [5, 5.41) is 2.97. The van der Waals surface area contributed by atoms with Gasteiger partial charge >= 0.3 is 0 Å². The molecule has 0 aliphatic carbocycles. The van der Waals surface area contributed by atoms with Crippen molar-refractivity contribution in [1.29, 1.82) is 0 Å². The van der Waals surface area contributed by atoms with E-state index in [1.165, 1.54) is 12.1 Å². The molecule has 0 saturated heterocycles. The molecule has 0 saturated carbocycles. The minimum atomic E-state index is -0.350. The summed E-state index contributed by atoms with van der Waals surface area (Å²) < 4.78 is 33.1. The summed E-state index contributed by atoms with van der Waals surface area (Å²) in [7, 11) is 1.74. The predicted molar refractivity (Wildman–Crippen MR) is 75.1 cm³/mol. The van der Waals surface area contributed by atoms with Crippen molar-refractivity contribution in [3.05, 3.63) is 59.2 Å². The highest BCUT2D eigenvalue weighted by Gasteiger charge is 2.16. The third kappa shape index (κ3) is 2.96. The van der Waals surface area contributed by atoms with Gasteiger partial charge in [0, 0.05) is 17.7 Å². The summed E-state index contributed by atoms with van der Waals surface area (Å²) in [6.45, 7) is 3.51. The maximum Gasteiger partial charge on any atom is 0.135 e. The van der Waals surface area contributed by atoms with Crippen LogP contribution < -0.4 is 10.1 Å². The molecule has 2 nitrogen and oxygen atoms in total. The van der Waals surface area contributed by atoms with E-state index >= 15 is 0 Å². The van der Waals surface area contributed by atoms with E-state index in [0.717, 1.165) is 0 Å². The second kappa shape index (κ2) is 6.01. The minimum absolute atomic E-state index is 0.207. The van der Waals surface area contributed by atoms with E-state index in [2.05, 4.69) is 5.32 Å². The van der Waals surface area contributed by atoms with Crippen LogP contribution in [-0.2, 0) is 0 Å². The summed E-state index contributed by atoms with van der Waals surface area (Å²) in [6.07, 6.45) is 0. The molecule has 0 amide bonds. The number of ether oxygens (including phenoxy) is 1. The lowest BCUT2D eigenvalue weighted by atomic mass is 10.1. The molecule has 2 aromatic rings. The molecule has 1 unspecified atom stereocenters. The Balaban J connectivity index is 2.38. The Labute approximate surface area is 117 Å². The summed E-state index contributed by atoms with van der Waals surface area (Å²) in [4.78, 5) is 0. The standard InChI is InChI=1S/C16H17F2NO/c1-10-7-8-12(9-14(10)18)20-15-6-4-5-13(17)16(15)11(2)19-3/h4-9,11,19H,1-3H3. The molecule has 0 fully saturated rings. The molecule has 0 aromatic heterocycles. The average molecular weight is 277 g/mol. The number of nitrogens with one attached hydrogen (secondary N) is 1. The number of rotatable bonds is 4. The summed E-state index contributed by atoms with van der Waals surface area (Å²) >= 11 is 0. The highest BCUT2D eigenvalue weighted by atomic mass is 19.1. The Morgan fingerprint density at radius 1 is 1.10 bits per heavy atom. The van der Waals surface area contributed by atoms with Crippen LogP contribution in [-0.4, -0.2) is 7.05 Å². The van der Waals surface area contributed by atoms with Gasteiger partial charge < -0.3 is 10.1 Å². The number of aryl methyl sites for hydroxylation is 1. The Morgan fingerprint density at radius 2 is 1.85 bits per heavy atom. The van der Waals surface area contributed by atoms with Crippen LogP contribution in [0.5, 0.6) is 11.5 Å². The molecule has 1 atom stereocenters. The normalized spacial score (nSPS) is 12.2. The van der Waals surface area contributed by atoms with Gasteiger partial charge in [-0.3, -0.25) is 0 Å². The molecule has 106 valence electrons. The molecule has 2 aromatic carbocycles. The van der Waals surface area contributed by atoms with Crippen LogP contribution >= 0.6 is 0 Å². The van der Waals surface area contributed by atoms with Crippen LogP contribution in [0.15, 0.2) is 36.4 Å². The minimum Gasteiger partial charge on any atom is -0.457 e. The van der Waals surface area contributed by atoms with Gasteiger partial charge in [0.05, 0.1) is 0 Å². The van der Waals surface area contributed by atoms with Gasteiger partial charge in [-0.05, 0) is 44.7 Å². The van der Waals surface area contributed by atoms with Gasteiger partial charge in [-0.15, -0.1) is 0 Å². The van der Waals surface area contributed by atoms with Crippen molar-refractivity contribution in [3.8, 4) is 11.5 Å². The highest BCUT2D eigenvalue weighted by molar-refractivity contribution is 5.41. The fourth-order valence-electron chi connectivity index (χ4n) is 1.93. The van der Waals surface area contributed by atoms with Crippen molar-refractivity contribution in [1.82, 2.24) is 5.32 Å². The molecule has 0 aliphatic rings. The van der Waals surface area contributed by atoms with Gasteiger partial charge in [0.2, 0.25) is 0 Å². The van der Waals surface area contributed by atoms with Crippen LogP contribution in [0.3, 0.4) is 0 Å². The average Bonchev–Trinajstić information content (AvgIpc) is 2.42. The van der Waals surface area contributed by atoms with Gasteiger partial charge in [0.25, 0.3) is 0 Å². The quantitative estimate of drug-likeness (QED) is 0.897. The first-order valence-corrected chi connectivity index (χ1v) is 6.42. The molecular weight excluding hydrogens is 260 g/mol. The van der Waals surface area contributed by atoms with E-state index in [9.17, 15) is 8.78 Å². The maximum absolute atomic E-state index is 13.9. The fraction of sp³-hybridized carbons (Fsp3) is 0.250. The lowest BCUT2D eigenvalue weighted by Gasteiger charge is -2.17. The van der Waals surface area contributed by atoms with Gasteiger partial charge in [0.1, 0.15) is 23.1 Å². The van der Waals surface area contributed by atoms with Crippen molar-refractivity contribution in [2.45, 2.75) is 19.9 Å². The monoisotopic (exact) mass is 277 g/mol. The van der Waals surface area contributed by atoms with E-state index in [1.54, 1.807) is 38.2 Å². The van der Waals surface area contributed by atoms with E-state index in [1.807, 2.05) is 6.92 Å². The Hall–Kier alpha value is -1.94. The lowest BCUT2D eigenvalue weighted by molar-refractivity contribution is 0.448. The van der Waals surface area contributed by atoms with E-state index in [0.29, 0.717) is 22.6 Å². The lowest BCUT2D eigenvalue weighted by Crippen LogP contribution is -2.14. The molecule has 4 heteroatoms. The second-order valence-corrected chi connectivity index (χ2v) is 4.68. The zero-order valence-electron chi connectivity index (χ0n) is 11.7. The van der Waals surface area contributed by atoms with E-state index in [4.69, 9.17) is 4.74 Å². The van der Waals surface area contributed by atoms with Crippen LogP contribution in [0.4, 0.5) is 8.78 Å². The first kappa shape index (κ1) is 14.5. The van der Waals surface area contributed by atoms with Crippen molar-refractivity contribution in [3.63, 3.8) is 0 Å². The Morgan fingerprint density at radius 3 is 2.50 bits per heavy atom. The van der Waals surface area contributed by atoms with Gasteiger partial charge in [0.15, 0.2) is 0 Å². The maximum atomic E-state index is 13.9. The predicted octanol–water partition coefficient (Wildman–Crippen LogP) is 4.35. The number of hydrogen-bond acceptors (Lipinski definition) is 2. The fourth-order valence-corrected chi connectivity index (χ4v) is 1.93. The smallest absolute Gasteiger partial charge is 0.135 e. The Bertz CT molecular complexity index is 613. The van der Waals surface area contributed by atoms with Crippen LogP contribution in [0.25, 0.3) is 0 Å². The van der Waals surface area contributed by atoms with Crippen LogP contribution in [0.2, 0.25) is 0 Å². The Kier molecular flexibility index (Phi) is 4.35. The van der Waals surface area contributed by atoms with E-state index in [-0.39, 0.29) is 17.7 Å². The zero-order valence-corrected chi connectivity index (χ0v) is 11.7. The topological polar surface area (TPSA) is 21.3 Å². The number of hydrogen-bond donors (Lipinski definition) is 1. The van der Waals surface area contributed by atoms with Crippen molar-refractivity contribution >= 4 is 0 Å².